The van der Waals surface area contributed by atoms with E-state index >= 15 is 0 Å². The SMILES string of the molecule is ClCCC=Cc1ccc(Nc2ccccc2)cc1. The zero-order valence-electron chi connectivity index (χ0n) is 10.1. The second kappa shape index (κ2) is 6.87. The molecule has 0 aliphatic heterocycles. The average Bonchev–Trinajstić information content (AvgIpc) is 2.42. The maximum Gasteiger partial charge on any atom is 0.0384 e. The topological polar surface area (TPSA) is 12.0 Å². The molecule has 0 fully saturated rings. The summed E-state index contributed by atoms with van der Waals surface area (Å²) in [4.78, 5) is 0. The van der Waals surface area contributed by atoms with Gasteiger partial charge in [-0.2, -0.15) is 0 Å². The van der Waals surface area contributed by atoms with Crippen LogP contribution in [-0.2, 0) is 0 Å². The number of hydrogen-bond acceptors (Lipinski definition) is 1. The van der Waals surface area contributed by atoms with E-state index < -0.39 is 0 Å². The van der Waals surface area contributed by atoms with Crippen LogP contribution in [0.15, 0.2) is 60.7 Å². The Morgan fingerprint density at radius 1 is 0.889 bits per heavy atom. The third-order valence-electron chi connectivity index (χ3n) is 2.56. The van der Waals surface area contributed by atoms with Gasteiger partial charge in [0.2, 0.25) is 0 Å². The van der Waals surface area contributed by atoms with Crippen molar-refractivity contribution >= 4 is 29.1 Å². The van der Waals surface area contributed by atoms with Gasteiger partial charge in [0, 0.05) is 17.3 Å². The van der Waals surface area contributed by atoms with E-state index in [0.717, 1.165) is 17.8 Å². The minimum absolute atomic E-state index is 0.671. The fraction of sp³-hybridized carbons (Fsp3) is 0.125. The maximum absolute atomic E-state index is 5.62. The van der Waals surface area contributed by atoms with E-state index in [1.807, 2.05) is 30.3 Å². The Bertz CT molecular complexity index is 488. The predicted octanol–water partition coefficient (Wildman–Crippen LogP) is 5.07. The fourth-order valence-electron chi connectivity index (χ4n) is 1.65. The Morgan fingerprint density at radius 2 is 1.56 bits per heavy atom. The zero-order chi connectivity index (χ0) is 12.6. The Hall–Kier alpha value is -1.73. The first-order valence-corrected chi connectivity index (χ1v) is 6.56. The number of rotatable bonds is 5. The summed E-state index contributed by atoms with van der Waals surface area (Å²) in [5, 5.41) is 3.35. The molecule has 0 aliphatic carbocycles. The van der Waals surface area contributed by atoms with E-state index in [-0.39, 0.29) is 0 Å². The van der Waals surface area contributed by atoms with Gasteiger partial charge in [0.1, 0.15) is 0 Å². The Morgan fingerprint density at radius 3 is 2.22 bits per heavy atom. The second-order valence-corrected chi connectivity index (χ2v) is 4.37. The smallest absolute Gasteiger partial charge is 0.0384 e. The van der Waals surface area contributed by atoms with Crippen molar-refractivity contribution in [3.63, 3.8) is 0 Å². The van der Waals surface area contributed by atoms with Gasteiger partial charge in [-0.05, 0) is 36.2 Å². The summed E-state index contributed by atoms with van der Waals surface area (Å²) in [6.45, 7) is 0. The maximum atomic E-state index is 5.62. The van der Waals surface area contributed by atoms with Gasteiger partial charge in [0.15, 0.2) is 0 Å². The molecule has 0 spiro atoms. The van der Waals surface area contributed by atoms with Crippen LogP contribution < -0.4 is 5.32 Å². The molecule has 0 aliphatic rings. The van der Waals surface area contributed by atoms with Crippen LogP contribution >= 0.6 is 11.6 Å². The summed E-state index contributed by atoms with van der Waals surface area (Å²) >= 11 is 5.62. The molecule has 0 radical (unpaired) electrons. The predicted molar refractivity (Wildman–Crippen MR) is 80.5 cm³/mol. The molecule has 0 saturated carbocycles. The third-order valence-corrected chi connectivity index (χ3v) is 2.78. The van der Waals surface area contributed by atoms with E-state index in [9.17, 15) is 0 Å². The first-order chi connectivity index (χ1) is 8.88. The van der Waals surface area contributed by atoms with Crippen LogP contribution in [0.3, 0.4) is 0 Å². The van der Waals surface area contributed by atoms with Crippen LogP contribution in [0.1, 0.15) is 12.0 Å². The highest BCUT2D eigenvalue weighted by Gasteiger charge is 1.93. The Labute approximate surface area is 113 Å². The number of nitrogens with one attached hydrogen (secondary N) is 1. The van der Waals surface area contributed by atoms with Crippen LogP contribution in [-0.4, -0.2) is 5.88 Å². The zero-order valence-corrected chi connectivity index (χ0v) is 10.9. The molecule has 2 aromatic rings. The molecular formula is C16H16ClN. The molecule has 0 bridgehead atoms. The van der Waals surface area contributed by atoms with Gasteiger partial charge < -0.3 is 5.32 Å². The van der Waals surface area contributed by atoms with Crippen molar-refractivity contribution in [3.8, 4) is 0 Å². The van der Waals surface area contributed by atoms with Crippen molar-refractivity contribution in [1.29, 1.82) is 0 Å². The van der Waals surface area contributed by atoms with Crippen molar-refractivity contribution < 1.29 is 0 Å². The highest BCUT2D eigenvalue weighted by Crippen LogP contribution is 2.17. The summed E-state index contributed by atoms with van der Waals surface area (Å²) in [6.07, 6.45) is 5.09. The van der Waals surface area contributed by atoms with E-state index in [2.05, 4.69) is 41.7 Å². The van der Waals surface area contributed by atoms with Gasteiger partial charge in [-0.15, -0.1) is 11.6 Å². The monoisotopic (exact) mass is 257 g/mol. The lowest BCUT2D eigenvalue weighted by Gasteiger charge is -2.06. The van der Waals surface area contributed by atoms with Crippen LogP contribution in [0.5, 0.6) is 0 Å². The largest absolute Gasteiger partial charge is 0.356 e. The molecule has 1 N–H and O–H groups in total. The van der Waals surface area contributed by atoms with E-state index in [0.29, 0.717) is 5.88 Å². The molecule has 2 aromatic carbocycles. The summed E-state index contributed by atoms with van der Waals surface area (Å²) < 4.78 is 0. The molecule has 0 saturated heterocycles. The summed E-state index contributed by atoms with van der Waals surface area (Å²) in [5.74, 6) is 0.671. The van der Waals surface area contributed by atoms with Crippen molar-refractivity contribution in [2.45, 2.75) is 6.42 Å². The first kappa shape index (κ1) is 12.7. The van der Waals surface area contributed by atoms with E-state index in [1.54, 1.807) is 0 Å². The molecule has 1 nitrogen and oxygen atoms in total. The molecular weight excluding hydrogens is 242 g/mol. The second-order valence-electron chi connectivity index (χ2n) is 3.99. The standard InChI is InChI=1S/C16H16ClN/c17-13-5-4-6-14-9-11-16(12-10-14)18-15-7-2-1-3-8-15/h1-4,6-12,18H,5,13H2. The number of halogens is 1. The number of para-hydroxylation sites is 1. The molecule has 0 heterocycles. The lowest BCUT2D eigenvalue weighted by atomic mass is 10.2. The van der Waals surface area contributed by atoms with E-state index in [4.69, 9.17) is 11.6 Å². The molecule has 0 amide bonds. The van der Waals surface area contributed by atoms with Gasteiger partial charge in [-0.3, -0.25) is 0 Å². The highest BCUT2D eigenvalue weighted by molar-refractivity contribution is 6.17. The molecule has 2 rings (SSSR count). The van der Waals surface area contributed by atoms with E-state index in [1.165, 1.54) is 5.56 Å². The van der Waals surface area contributed by atoms with Gasteiger partial charge in [-0.25, -0.2) is 0 Å². The normalized spacial score (nSPS) is 10.7. The molecule has 0 atom stereocenters. The van der Waals surface area contributed by atoms with Crippen LogP contribution in [0.2, 0.25) is 0 Å². The lowest BCUT2D eigenvalue weighted by molar-refractivity contribution is 1.24. The summed E-state index contributed by atoms with van der Waals surface area (Å²) in [5.41, 5.74) is 3.39. The van der Waals surface area contributed by atoms with Gasteiger partial charge in [-0.1, -0.05) is 42.5 Å². The number of alkyl halides is 1. The van der Waals surface area contributed by atoms with Crippen molar-refractivity contribution in [2.24, 2.45) is 0 Å². The van der Waals surface area contributed by atoms with Crippen LogP contribution in [0.4, 0.5) is 11.4 Å². The molecule has 0 unspecified atom stereocenters. The van der Waals surface area contributed by atoms with Gasteiger partial charge in [0.05, 0.1) is 0 Å². The van der Waals surface area contributed by atoms with Crippen LogP contribution in [0, 0.1) is 0 Å². The van der Waals surface area contributed by atoms with Crippen molar-refractivity contribution in [1.82, 2.24) is 0 Å². The first-order valence-electron chi connectivity index (χ1n) is 6.03. The number of anilines is 2. The highest BCUT2D eigenvalue weighted by atomic mass is 35.5. The number of benzene rings is 2. The molecule has 92 valence electrons. The minimum atomic E-state index is 0.671. The van der Waals surface area contributed by atoms with Crippen molar-refractivity contribution in [3.05, 3.63) is 66.2 Å². The number of allylic oxidation sites excluding steroid dienone is 1. The number of hydrogen-bond donors (Lipinski definition) is 1. The summed E-state index contributed by atoms with van der Waals surface area (Å²) in [7, 11) is 0. The third kappa shape index (κ3) is 3.94. The Balaban J connectivity index is 2.00. The lowest BCUT2D eigenvalue weighted by Crippen LogP contribution is -1.89. The molecule has 0 aromatic heterocycles. The summed E-state index contributed by atoms with van der Waals surface area (Å²) in [6, 6.07) is 18.5. The quantitative estimate of drug-likeness (QED) is 0.737. The fourth-order valence-corrected chi connectivity index (χ4v) is 1.77. The van der Waals surface area contributed by atoms with Gasteiger partial charge >= 0.3 is 0 Å². The molecule has 2 heteroatoms. The van der Waals surface area contributed by atoms with Gasteiger partial charge in [0.25, 0.3) is 0 Å². The molecule has 18 heavy (non-hydrogen) atoms. The van der Waals surface area contributed by atoms with Crippen LogP contribution in [0.25, 0.3) is 6.08 Å². The average molecular weight is 258 g/mol. The van der Waals surface area contributed by atoms with Crippen molar-refractivity contribution in [2.75, 3.05) is 11.2 Å². The minimum Gasteiger partial charge on any atom is -0.356 e. The Kier molecular flexibility index (Phi) is 4.86.